The maximum absolute atomic E-state index is 5.23. The van der Waals surface area contributed by atoms with Crippen LogP contribution in [0.25, 0.3) is 0 Å². The van der Waals surface area contributed by atoms with Crippen LogP contribution in [-0.4, -0.2) is 6.04 Å². The standard InChI is InChI=1S/C4H10N.Li/c1-3-4(2)5;/h4H,1,3,5H2,2H3;/q-1;+1. The van der Waals surface area contributed by atoms with Gasteiger partial charge in [-0.05, 0) is 6.04 Å². The third-order valence-electron chi connectivity index (χ3n) is 0.455. The summed E-state index contributed by atoms with van der Waals surface area (Å²) >= 11 is 0. The van der Waals surface area contributed by atoms with E-state index in [0.29, 0.717) is 0 Å². The van der Waals surface area contributed by atoms with E-state index in [0.717, 1.165) is 6.42 Å². The Kier molecular flexibility index (Phi) is 9.03. The zero-order chi connectivity index (χ0) is 4.28. The minimum Gasteiger partial charge on any atom is -0.342 e. The number of hydrogen-bond donors (Lipinski definition) is 1. The fourth-order valence-electron chi connectivity index (χ4n) is 0. The van der Waals surface area contributed by atoms with Crippen LogP contribution in [0.15, 0.2) is 0 Å². The first-order chi connectivity index (χ1) is 2.27. The van der Waals surface area contributed by atoms with Gasteiger partial charge in [0, 0.05) is 0 Å². The van der Waals surface area contributed by atoms with Crippen LogP contribution in [0.5, 0.6) is 0 Å². The van der Waals surface area contributed by atoms with Gasteiger partial charge in [-0.25, -0.2) is 0 Å². The molecule has 0 aromatic heterocycles. The molecular weight excluding hydrogens is 69.0 g/mol. The zero-order valence-electron chi connectivity index (χ0n) is 4.57. The van der Waals surface area contributed by atoms with Gasteiger partial charge >= 0.3 is 18.9 Å². The van der Waals surface area contributed by atoms with E-state index < -0.39 is 0 Å². The van der Waals surface area contributed by atoms with Crippen LogP contribution in [0.4, 0.5) is 0 Å². The van der Waals surface area contributed by atoms with Crippen molar-refractivity contribution in [3.8, 4) is 0 Å². The van der Waals surface area contributed by atoms with Crippen LogP contribution in [0.3, 0.4) is 0 Å². The summed E-state index contributed by atoms with van der Waals surface area (Å²) in [4.78, 5) is 0. The van der Waals surface area contributed by atoms with Gasteiger partial charge in [0.2, 0.25) is 0 Å². The molecule has 0 aliphatic heterocycles. The molecule has 2 N–H and O–H groups in total. The van der Waals surface area contributed by atoms with Crippen molar-refractivity contribution in [3.63, 3.8) is 0 Å². The minimum absolute atomic E-state index is 0. The minimum atomic E-state index is 0. The molecule has 1 unspecified atom stereocenters. The largest absolute Gasteiger partial charge is 1.00 e. The van der Waals surface area contributed by atoms with Crippen molar-refractivity contribution in [3.05, 3.63) is 6.92 Å². The second kappa shape index (κ2) is 5.56. The Balaban J connectivity index is 0. The first-order valence-corrected chi connectivity index (χ1v) is 1.82. The Hall–Kier alpha value is 0.557. The topological polar surface area (TPSA) is 26.0 Å². The van der Waals surface area contributed by atoms with Crippen molar-refractivity contribution in [2.24, 2.45) is 5.73 Å². The SMILES string of the molecule is [CH2-]CC(C)N.[Li+]. The molecule has 0 spiro atoms. The van der Waals surface area contributed by atoms with Crippen LogP contribution in [0.2, 0.25) is 0 Å². The van der Waals surface area contributed by atoms with E-state index in [1.165, 1.54) is 0 Å². The van der Waals surface area contributed by atoms with Gasteiger partial charge in [0.05, 0.1) is 0 Å². The Morgan fingerprint density at radius 2 is 2.00 bits per heavy atom. The Labute approximate surface area is 51.5 Å². The fraction of sp³-hybridized carbons (Fsp3) is 0.750. The number of nitrogens with two attached hydrogens (primary N) is 1. The first-order valence-electron chi connectivity index (χ1n) is 1.82. The quantitative estimate of drug-likeness (QED) is 0.274. The van der Waals surface area contributed by atoms with E-state index in [-0.39, 0.29) is 24.9 Å². The summed E-state index contributed by atoms with van der Waals surface area (Å²) in [5.74, 6) is 0. The molecule has 0 aliphatic rings. The van der Waals surface area contributed by atoms with Crippen molar-refractivity contribution in [1.29, 1.82) is 0 Å². The molecule has 1 atom stereocenters. The first kappa shape index (κ1) is 9.75. The average Bonchev–Trinajstić information content (AvgIpc) is 1.38. The van der Waals surface area contributed by atoms with Crippen LogP contribution in [0.1, 0.15) is 13.3 Å². The molecule has 1 nitrogen and oxygen atoms in total. The molecule has 0 rings (SSSR count). The van der Waals surface area contributed by atoms with Gasteiger partial charge in [0.25, 0.3) is 0 Å². The molecule has 0 heterocycles. The van der Waals surface area contributed by atoms with Gasteiger partial charge in [-0.15, -0.1) is 0 Å². The fourth-order valence-corrected chi connectivity index (χ4v) is 0. The predicted molar refractivity (Wildman–Crippen MR) is 23.6 cm³/mol. The number of hydrogen-bond acceptors (Lipinski definition) is 1. The monoisotopic (exact) mass is 79.1 g/mol. The Morgan fingerprint density at radius 1 is 1.83 bits per heavy atom. The third kappa shape index (κ3) is 8.82. The summed E-state index contributed by atoms with van der Waals surface area (Å²) in [5.41, 5.74) is 5.23. The van der Waals surface area contributed by atoms with Gasteiger partial charge < -0.3 is 12.7 Å². The smallest absolute Gasteiger partial charge is 0.342 e. The predicted octanol–water partition coefficient (Wildman–Crippen LogP) is -2.44. The molecular formula is C4H10LiN. The number of rotatable bonds is 1. The van der Waals surface area contributed by atoms with E-state index in [4.69, 9.17) is 5.73 Å². The summed E-state index contributed by atoms with van der Waals surface area (Å²) in [6.07, 6.45) is 0.833. The van der Waals surface area contributed by atoms with Gasteiger partial charge in [-0.2, -0.15) is 6.42 Å². The van der Waals surface area contributed by atoms with Crippen molar-refractivity contribution in [2.75, 3.05) is 0 Å². The van der Waals surface area contributed by atoms with Gasteiger partial charge in [0.1, 0.15) is 0 Å². The normalized spacial score (nSPS) is 12.5. The molecule has 0 bridgehead atoms. The Bertz CT molecular complexity index is 21.5. The van der Waals surface area contributed by atoms with Gasteiger partial charge in [-0.1, -0.05) is 6.92 Å². The summed E-state index contributed by atoms with van der Waals surface area (Å²) in [7, 11) is 0. The maximum atomic E-state index is 5.23. The van der Waals surface area contributed by atoms with E-state index in [2.05, 4.69) is 6.92 Å². The van der Waals surface area contributed by atoms with Crippen molar-refractivity contribution >= 4 is 0 Å². The van der Waals surface area contributed by atoms with Gasteiger partial charge in [-0.3, -0.25) is 0 Å². The van der Waals surface area contributed by atoms with Crippen LogP contribution in [0, 0.1) is 6.92 Å². The van der Waals surface area contributed by atoms with E-state index in [1.54, 1.807) is 0 Å². The van der Waals surface area contributed by atoms with Crippen molar-refractivity contribution < 1.29 is 18.9 Å². The summed E-state index contributed by atoms with van der Waals surface area (Å²) in [6.45, 7) is 5.50. The molecule has 0 amide bonds. The van der Waals surface area contributed by atoms with Crippen molar-refractivity contribution in [2.45, 2.75) is 19.4 Å². The van der Waals surface area contributed by atoms with Crippen LogP contribution < -0.4 is 24.6 Å². The molecule has 6 heavy (non-hydrogen) atoms. The van der Waals surface area contributed by atoms with E-state index in [1.807, 2.05) is 6.92 Å². The molecule has 0 aliphatic carbocycles. The van der Waals surface area contributed by atoms with Crippen LogP contribution >= 0.6 is 0 Å². The second-order valence-electron chi connectivity index (χ2n) is 1.27. The zero-order valence-corrected chi connectivity index (χ0v) is 4.57. The molecule has 0 saturated heterocycles. The summed E-state index contributed by atoms with van der Waals surface area (Å²) in [6, 6.07) is 0.273. The van der Waals surface area contributed by atoms with Crippen LogP contribution in [-0.2, 0) is 0 Å². The second-order valence-corrected chi connectivity index (χ2v) is 1.27. The molecule has 0 radical (unpaired) electrons. The summed E-state index contributed by atoms with van der Waals surface area (Å²) < 4.78 is 0. The third-order valence-corrected chi connectivity index (χ3v) is 0.455. The molecule has 0 aromatic rings. The maximum Gasteiger partial charge on any atom is 1.00 e. The molecule has 0 fully saturated rings. The van der Waals surface area contributed by atoms with Crippen molar-refractivity contribution in [1.82, 2.24) is 0 Å². The molecule has 0 saturated carbocycles. The summed E-state index contributed by atoms with van der Waals surface area (Å²) in [5, 5.41) is 0. The molecule has 32 valence electrons. The van der Waals surface area contributed by atoms with E-state index >= 15 is 0 Å². The molecule has 2 heteroatoms. The Morgan fingerprint density at radius 3 is 2.00 bits per heavy atom. The average molecular weight is 79.1 g/mol. The van der Waals surface area contributed by atoms with E-state index in [9.17, 15) is 0 Å². The van der Waals surface area contributed by atoms with Gasteiger partial charge in [0.15, 0.2) is 0 Å². The molecule has 0 aromatic carbocycles.